The molecule has 2 unspecified atom stereocenters. The highest BCUT2D eigenvalue weighted by Crippen LogP contribution is 2.34. The van der Waals surface area contributed by atoms with E-state index >= 15 is 0 Å². The predicted molar refractivity (Wildman–Crippen MR) is 81.0 cm³/mol. The molecule has 1 fully saturated rings. The van der Waals surface area contributed by atoms with Gasteiger partial charge in [0.25, 0.3) is 0 Å². The highest BCUT2D eigenvalue weighted by Gasteiger charge is 2.34. The highest BCUT2D eigenvalue weighted by atomic mass is 15.2. The molecule has 2 nitrogen and oxygen atoms in total. The van der Waals surface area contributed by atoms with Crippen molar-refractivity contribution in [3.05, 3.63) is 0 Å². The second-order valence-corrected chi connectivity index (χ2v) is 8.04. The number of rotatable bonds is 4. The van der Waals surface area contributed by atoms with Crippen LogP contribution < -0.4 is 5.32 Å². The normalized spacial score (nSPS) is 24.5. The van der Waals surface area contributed by atoms with Crippen LogP contribution in [0, 0.1) is 11.3 Å². The lowest BCUT2D eigenvalue weighted by molar-refractivity contribution is 0.181. The van der Waals surface area contributed by atoms with E-state index in [0.29, 0.717) is 11.5 Å². The summed E-state index contributed by atoms with van der Waals surface area (Å²) in [6.07, 6.45) is 2.62. The first-order valence-electron chi connectivity index (χ1n) is 7.62. The van der Waals surface area contributed by atoms with Crippen LogP contribution in [0.2, 0.25) is 0 Å². The molecule has 1 aliphatic heterocycles. The third kappa shape index (κ3) is 4.89. The van der Waals surface area contributed by atoms with Crippen molar-refractivity contribution >= 4 is 0 Å². The largest absolute Gasteiger partial charge is 0.311 e. The summed E-state index contributed by atoms with van der Waals surface area (Å²) in [6.45, 7) is 19.9. The maximum atomic E-state index is 3.66. The molecule has 0 aliphatic carbocycles. The molecule has 0 aromatic carbocycles. The van der Waals surface area contributed by atoms with Gasteiger partial charge in [-0.05, 0) is 51.5 Å². The minimum Gasteiger partial charge on any atom is -0.311 e. The number of hydrogen-bond acceptors (Lipinski definition) is 2. The average molecular weight is 254 g/mol. The molecule has 1 rings (SSSR count). The van der Waals surface area contributed by atoms with Crippen LogP contribution in [0.25, 0.3) is 0 Å². The van der Waals surface area contributed by atoms with Gasteiger partial charge in [0.15, 0.2) is 0 Å². The summed E-state index contributed by atoms with van der Waals surface area (Å²) >= 11 is 0. The fourth-order valence-electron chi connectivity index (χ4n) is 2.78. The molecule has 2 atom stereocenters. The number of nitrogens with zero attached hydrogens (tertiary/aromatic N) is 1. The first-order chi connectivity index (χ1) is 8.13. The van der Waals surface area contributed by atoms with E-state index in [0.717, 1.165) is 12.5 Å². The molecule has 1 heterocycles. The van der Waals surface area contributed by atoms with E-state index in [2.05, 4.69) is 58.7 Å². The minimum absolute atomic E-state index is 0.233. The Bertz CT molecular complexity index is 247. The van der Waals surface area contributed by atoms with Gasteiger partial charge in [-0.15, -0.1) is 0 Å². The molecule has 0 aromatic rings. The molecule has 0 bridgehead atoms. The molecule has 1 saturated heterocycles. The molecule has 0 amide bonds. The van der Waals surface area contributed by atoms with Gasteiger partial charge in [-0.25, -0.2) is 0 Å². The summed E-state index contributed by atoms with van der Waals surface area (Å²) in [4.78, 5) is 2.70. The van der Waals surface area contributed by atoms with E-state index in [1.807, 2.05) is 0 Å². The van der Waals surface area contributed by atoms with Crippen molar-refractivity contribution in [1.82, 2.24) is 10.2 Å². The second kappa shape index (κ2) is 5.92. The van der Waals surface area contributed by atoms with Crippen LogP contribution in [0.5, 0.6) is 0 Å². The average Bonchev–Trinajstić information content (AvgIpc) is 2.65. The van der Waals surface area contributed by atoms with Gasteiger partial charge in [0.05, 0.1) is 0 Å². The minimum atomic E-state index is 0.233. The highest BCUT2D eigenvalue weighted by molar-refractivity contribution is 4.88. The number of nitrogens with one attached hydrogen (secondary N) is 1. The van der Waals surface area contributed by atoms with Crippen molar-refractivity contribution in [2.24, 2.45) is 11.3 Å². The number of hydrogen-bond donors (Lipinski definition) is 1. The van der Waals surface area contributed by atoms with Crippen LogP contribution in [0.3, 0.4) is 0 Å². The van der Waals surface area contributed by atoms with Crippen molar-refractivity contribution in [3.8, 4) is 0 Å². The fourth-order valence-corrected chi connectivity index (χ4v) is 2.78. The summed E-state index contributed by atoms with van der Waals surface area (Å²) in [5.41, 5.74) is 0.696. The fraction of sp³-hybridized carbons (Fsp3) is 1.00. The molecule has 18 heavy (non-hydrogen) atoms. The van der Waals surface area contributed by atoms with Gasteiger partial charge in [0.1, 0.15) is 0 Å². The lowest BCUT2D eigenvalue weighted by atomic mass is 9.80. The Labute approximate surface area is 115 Å². The Hall–Kier alpha value is -0.0800. The van der Waals surface area contributed by atoms with Crippen molar-refractivity contribution in [3.63, 3.8) is 0 Å². The lowest BCUT2D eigenvalue weighted by Crippen LogP contribution is -2.47. The van der Waals surface area contributed by atoms with Crippen molar-refractivity contribution in [2.45, 2.75) is 72.9 Å². The summed E-state index contributed by atoms with van der Waals surface area (Å²) in [6, 6.07) is 0.705. The van der Waals surface area contributed by atoms with Crippen LogP contribution in [-0.2, 0) is 0 Å². The summed E-state index contributed by atoms with van der Waals surface area (Å²) in [5, 5.41) is 3.66. The maximum absolute atomic E-state index is 3.66. The Balaban J connectivity index is 2.48. The Morgan fingerprint density at radius 2 is 1.78 bits per heavy atom. The zero-order valence-corrected chi connectivity index (χ0v) is 13.6. The maximum Gasteiger partial charge on any atom is 0.0218 e. The monoisotopic (exact) mass is 254 g/mol. The Morgan fingerprint density at radius 3 is 2.17 bits per heavy atom. The van der Waals surface area contributed by atoms with Gasteiger partial charge in [-0.1, -0.05) is 27.7 Å². The van der Waals surface area contributed by atoms with Crippen molar-refractivity contribution < 1.29 is 0 Å². The molecule has 0 aromatic heterocycles. The molecular weight excluding hydrogens is 220 g/mol. The first-order valence-corrected chi connectivity index (χ1v) is 7.62. The number of likely N-dealkylation sites (tertiary alicyclic amines) is 1. The standard InChI is InChI=1S/C16H34N2/c1-8-14(11-17-16(5,6)7)18-10-9-13(12-18)15(2,3)4/h13-14,17H,8-12H2,1-7H3. The molecule has 0 radical (unpaired) electrons. The second-order valence-electron chi connectivity index (χ2n) is 8.04. The summed E-state index contributed by atoms with van der Waals surface area (Å²) in [7, 11) is 0. The van der Waals surface area contributed by atoms with Gasteiger partial charge in [-0.2, -0.15) is 0 Å². The molecule has 0 saturated carbocycles. The quantitative estimate of drug-likeness (QED) is 0.826. The van der Waals surface area contributed by atoms with Crippen LogP contribution in [0.1, 0.15) is 61.3 Å². The topological polar surface area (TPSA) is 15.3 Å². The van der Waals surface area contributed by atoms with Gasteiger partial charge in [-0.3, -0.25) is 4.90 Å². The summed E-state index contributed by atoms with van der Waals surface area (Å²) < 4.78 is 0. The molecule has 1 aliphatic rings. The van der Waals surface area contributed by atoms with Crippen LogP contribution in [0.4, 0.5) is 0 Å². The zero-order chi connectivity index (χ0) is 14.0. The van der Waals surface area contributed by atoms with E-state index < -0.39 is 0 Å². The molecule has 1 N–H and O–H groups in total. The van der Waals surface area contributed by atoms with E-state index in [4.69, 9.17) is 0 Å². The van der Waals surface area contributed by atoms with Crippen molar-refractivity contribution in [1.29, 1.82) is 0 Å². The Kier molecular flexibility index (Phi) is 5.25. The lowest BCUT2D eigenvalue weighted by Gasteiger charge is -2.32. The van der Waals surface area contributed by atoms with E-state index in [9.17, 15) is 0 Å². The zero-order valence-electron chi connectivity index (χ0n) is 13.6. The van der Waals surface area contributed by atoms with E-state index in [-0.39, 0.29) is 5.54 Å². The van der Waals surface area contributed by atoms with Gasteiger partial charge >= 0.3 is 0 Å². The molecule has 108 valence electrons. The van der Waals surface area contributed by atoms with Crippen molar-refractivity contribution in [2.75, 3.05) is 19.6 Å². The Morgan fingerprint density at radius 1 is 1.17 bits per heavy atom. The third-order valence-electron chi connectivity index (χ3n) is 4.30. The van der Waals surface area contributed by atoms with Gasteiger partial charge in [0, 0.05) is 24.7 Å². The molecular formula is C16H34N2. The SMILES string of the molecule is CCC(CNC(C)(C)C)N1CCC(C(C)(C)C)C1. The van der Waals surface area contributed by atoms with E-state index in [1.165, 1.54) is 25.9 Å². The molecule has 2 heteroatoms. The third-order valence-corrected chi connectivity index (χ3v) is 4.30. The van der Waals surface area contributed by atoms with Gasteiger partial charge < -0.3 is 5.32 Å². The van der Waals surface area contributed by atoms with E-state index in [1.54, 1.807) is 0 Å². The predicted octanol–water partition coefficient (Wildman–Crippen LogP) is 3.52. The van der Waals surface area contributed by atoms with Gasteiger partial charge in [0.2, 0.25) is 0 Å². The van der Waals surface area contributed by atoms with Crippen LogP contribution in [0.15, 0.2) is 0 Å². The first kappa shape index (κ1) is 16.0. The summed E-state index contributed by atoms with van der Waals surface area (Å²) in [5.74, 6) is 0.862. The van der Waals surface area contributed by atoms with Crippen LogP contribution in [-0.4, -0.2) is 36.1 Å². The smallest absolute Gasteiger partial charge is 0.0218 e. The van der Waals surface area contributed by atoms with Crippen LogP contribution >= 0.6 is 0 Å². The molecule has 0 spiro atoms.